The number of hydrogen-bond acceptors (Lipinski definition) is 4. The van der Waals surface area contributed by atoms with Crippen molar-refractivity contribution in [3.05, 3.63) is 42.0 Å². The summed E-state index contributed by atoms with van der Waals surface area (Å²) in [4.78, 5) is 4.38. The van der Waals surface area contributed by atoms with Gasteiger partial charge in [-0.3, -0.25) is 9.67 Å². The Morgan fingerprint density at radius 3 is 2.90 bits per heavy atom. The fourth-order valence-corrected chi connectivity index (χ4v) is 2.40. The Hall–Kier alpha value is -1.88. The highest BCUT2D eigenvalue weighted by Crippen LogP contribution is 2.27. The Balaban J connectivity index is 2.12. The predicted molar refractivity (Wildman–Crippen MR) is 78.7 cm³/mol. The second-order valence-corrected chi connectivity index (χ2v) is 4.69. The van der Waals surface area contributed by atoms with Crippen LogP contribution in [0.2, 0.25) is 0 Å². The van der Waals surface area contributed by atoms with E-state index in [0.717, 1.165) is 36.5 Å². The standard InChI is InChI=1S/C15H22N4O/c1-4-16-13(9-8-12-7-5-6-10-17-12)15-14(20-3)11-18-19(15)2/h5-7,10-11,13,16H,4,8-9H2,1-3H3. The molecule has 0 fully saturated rings. The van der Waals surface area contributed by atoms with Crippen LogP contribution in [0.25, 0.3) is 0 Å². The van der Waals surface area contributed by atoms with Gasteiger partial charge in [-0.1, -0.05) is 13.0 Å². The Morgan fingerprint density at radius 2 is 2.25 bits per heavy atom. The molecular weight excluding hydrogens is 252 g/mol. The maximum atomic E-state index is 5.41. The highest BCUT2D eigenvalue weighted by Gasteiger charge is 2.19. The molecule has 5 heteroatoms. The molecule has 1 atom stereocenters. The number of aryl methyl sites for hydroxylation is 2. The SMILES string of the molecule is CCNC(CCc1ccccn1)c1c(OC)cnn1C. The summed E-state index contributed by atoms with van der Waals surface area (Å²) >= 11 is 0. The summed E-state index contributed by atoms with van der Waals surface area (Å²) in [5.74, 6) is 0.833. The number of pyridine rings is 1. The quantitative estimate of drug-likeness (QED) is 0.840. The van der Waals surface area contributed by atoms with E-state index >= 15 is 0 Å². The average Bonchev–Trinajstić information content (AvgIpc) is 2.85. The second kappa shape index (κ2) is 7.05. The van der Waals surface area contributed by atoms with Crippen LogP contribution in [0.3, 0.4) is 0 Å². The van der Waals surface area contributed by atoms with Gasteiger partial charge in [-0.25, -0.2) is 0 Å². The van der Waals surface area contributed by atoms with Gasteiger partial charge in [0.1, 0.15) is 0 Å². The van der Waals surface area contributed by atoms with E-state index in [1.165, 1.54) is 0 Å². The second-order valence-electron chi connectivity index (χ2n) is 4.69. The summed E-state index contributed by atoms with van der Waals surface area (Å²) in [6, 6.07) is 6.23. The number of hydrogen-bond donors (Lipinski definition) is 1. The normalized spacial score (nSPS) is 12.3. The molecule has 0 aromatic carbocycles. The average molecular weight is 274 g/mol. The number of nitrogens with one attached hydrogen (secondary N) is 1. The van der Waals surface area contributed by atoms with Gasteiger partial charge < -0.3 is 10.1 Å². The maximum Gasteiger partial charge on any atom is 0.161 e. The van der Waals surface area contributed by atoms with Gasteiger partial charge in [0.05, 0.1) is 25.0 Å². The summed E-state index contributed by atoms with van der Waals surface area (Å²) in [5.41, 5.74) is 2.20. The van der Waals surface area contributed by atoms with Gasteiger partial charge in [-0.2, -0.15) is 5.10 Å². The molecule has 20 heavy (non-hydrogen) atoms. The molecule has 0 spiro atoms. The zero-order valence-electron chi connectivity index (χ0n) is 12.3. The van der Waals surface area contributed by atoms with E-state index in [4.69, 9.17) is 4.74 Å². The van der Waals surface area contributed by atoms with Gasteiger partial charge in [0.25, 0.3) is 0 Å². The third kappa shape index (κ3) is 3.36. The van der Waals surface area contributed by atoms with Gasteiger partial charge >= 0.3 is 0 Å². The molecule has 0 saturated carbocycles. The van der Waals surface area contributed by atoms with Crippen molar-refractivity contribution in [2.45, 2.75) is 25.8 Å². The molecule has 5 nitrogen and oxygen atoms in total. The zero-order chi connectivity index (χ0) is 14.4. The lowest BCUT2D eigenvalue weighted by atomic mass is 10.1. The Bertz CT molecular complexity index is 524. The van der Waals surface area contributed by atoms with Gasteiger partial charge in [0, 0.05) is 18.9 Å². The van der Waals surface area contributed by atoms with Crippen LogP contribution < -0.4 is 10.1 Å². The van der Waals surface area contributed by atoms with Gasteiger partial charge in [0.2, 0.25) is 0 Å². The summed E-state index contributed by atoms with van der Waals surface area (Å²) in [5, 5.41) is 7.78. The first-order valence-electron chi connectivity index (χ1n) is 6.95. The van der Waals surface area contributed by atoms with E-state index in [1.54, 1.807) is 13.3 Å². The highest BCUT2D eigenvalue weighted by molar-refractivity contribution is 5.28. The van der Waals surface area contributed by atoms with E-state index in [9.17, 15) is 0 Å². The van der Waals surface area contributed by atoms with Crippen LogP contribution in [0.4, 0.5) is 0 Å². The van der Waals surface area contributed by atoms with Crippen molar-refractivity contribution in [2.75, 3.05) is 13.7 Å². The van der Waals surface area contributed by atoms with Crippen molar-refractivity contribution < 1.29 is 4.74 Å². The van der Waals surface area contributed by atoms with Crippen molar-refractivity contribution in [1.29, 1.82) is 0 Å². The molecular formula is C15H22N4O. The summed E-state index contributed by atoms with van der Waals surface area (Å²) in [6.45, 7) is 3.01. The van der Waals surface area contributed by atoms with Crippen LogP contribution in [-0.4, -0.2) is 28.4 Å². The van der Waals surface area contributed by atoms with E-state index in [2.05, 4.69) is 28.4 Å². The molecule has 0 radical (unpaired) electrons. The molecule has 2 heterocycles. The largest absolute Gasteiger partial charge is 0.493 e. The number of methoxy groups -OCH3 is 1. The summed E-state index contributed by atoms with van der Waals surface area (Å²) < 4.78 is 7.29. The fourth-order valence-electron chi connectivity index (χ4n) is 2.40. The number of aromatic nitrogens is 3. The molecule has 0 aliphatic rings. The Kier molecular flexibility index (Phi) is 5.12. The highest BCUT2D eigenvalue weighted by atomic mass is 16.5. The van der Waals surface area contributed by atoms with Crippen LogP contribution in [0.5, 0.6) is 5.75 Å². The summed E-state index contributed by atoms with van der Waals surface area (Å²) in [6.07, 6.45) is 5.48. The molecule has 0 saturated heterocycles. The van der Waals surface area contributed by atoms with Gasteiger partial charge in [-0.15, -0.1) is 0 Å². The summed E-state index contributed by atoms with van der Waals surface area (Å²) in [7, 11) is 3.63. The zero-order valence-corrected chi connectivity index (χ0v) is 12.3. The molecule has 0 aliphatic heterocycles. The molecule has 0 aliphatic carbocycles. The van der Waals surface area contributed by atoms with Crippen LogP contribution >= 0.6 is 0 Å². The van der Waals surface area contributed by atoms with Crippen molar-refractivity contribution in [3.63, 3.8) is 0 Å². The molecule has 1 N–H and O–H groups in total. The number of nitrogens with zero attached hydrogens (tertiary/aromatic N) is 3. The minimum Gasteiger partial charge on any atom is -0.493 e. The van der Waals surface area contributed by atoms with E-state index in [1.807, 2.05) is 30.1 Å². The fraction of sp³-hybridized carbons (Fsp3) is 0.467. The minimum absolute atomic E-state index is 0.212. The van der Waals surface area contributed by atoms with Crippen molar-refractivity contribution in [1.82, 2.24) is 20.1 Å². The molecule has 1 unspecified atom stereocenters. The lowest BCUT2D eigenvalue weighted by Crippen LogP contribution is -2.24. The molecule has 0 bridgehead atoms. The van der Waals surface area contributed by atoms with Crippen molar-refractivity contribution >= 4 is 0 Å². The van der Waals surface area contributed by atoms with Crippen LogP contribution in [-0.2, 0) is 13.5 Å². The molecule has 2 aromatic heterocycles. The number of rotatable bonds is 7. The van der Waals surface area contributed by atoms with Gasteiger partial charge in [-0.05, 0) is 31.5 Å². The monoisotopic (exact) mass is 274 g/mol. The minimum atomic E-state index is 0.212. The van der Waals surface area contributed by atoms with Crippen LogP contribution in [0.15, 0.2) is 30.6 Å². The van der Waals surface area contributed by atoms with Crippen LogP contribution in [0, 0.1) is 0 Å². The molecule has 0 amide bonds. The molecule has 108 valence electrons. The third-order valence-corrected chi connectivity index (χ3v) is 3.37. The first kappa shape index (κ1) is 14.5. The van der Waals surface area contributed by atoms with Crippen molar-refractivity contribution in [2.24, 2.45) is 7.05 Å². The third-order valence-electron chi connectivity index (χ3n) is 3.37. The lowest BCUT2D eigenvalue weighted by Gasteiger charge is -2.19. The smallest absolute Gasteiger partial charge is 0.161 e. The maximum absolute atomic E-state index is 5.41. The topological polar surface area (TPSA) is 52.0 Å². The predicted octanol–water partition coefficient (Wildman–Crippen LogP) is 2.11. The van der Waals surface area contributed by atoms with E-state index in [0.29, 0.717) is 0 Å². The van der Waals surface area contributed by atoms with Crippen molar-refractivity contribution in [3.8, 4) is 5.75 Å². The molecule has 2 aromatic rings. The lowest BCUT2D eigenvalue weighted by molar-refractivity contribution is 0.389. The van der Waals surface area contributed by atoms with Gasteiger partial charge in [0.15, 0.2) is 5.75 Å². The van der Waals surface area contributed by atoms with E-state index < -0.39 is 0 Å². The van der Waals surface area contributed by atoms with E-state index in [-0.39, 0.29) is 6.04 Å². The first-order chi connectivity index (χ1) is 9.76. The van der Waals surface area contributed by atoms with Crippen LogP contribution in [0.1, 0.15) is 30.8 Å². The number of ether oxygens (including phenoxy) is 1. The molecule has 2 rings (SSSR count). The first-order valence-corrected chi connectivity index (χ1v) is 6.95. The Morgan fingerprint density at radius 1 is 1.40 bits per heavy atom. The Labute approximate surface area is 120 Å².